The zero-order chi connectivity index (χ0) is 21.6. The van der Waals surface area contributed by atoms with Crippen LogP contribution in [-0.2, 0) is 13.0 Å². The van der Waals surface area contributed by atoms with E-state index in [-0.39, 0.29) is 17.1 Å². The predicted molar refractivity (Wildman–Crippen MR) is 124 cm³/mol. The van der Waals surface area contributed by atoms with Gasteiger partial charge >= 0.3 is 0 Å². The highest BCUT2D eigenvalue weighted by Crippen LogP contribution is 2.21. The quantitative estimate of drug-likeness (QED) is 0.232. The predicted octanol–water partition coefficient (Wildman–Crippen LogP) is 4.62. The van der Waals surface area contributed by atoms with Crippen LogP contribution in [0.3, 0.4) is 0 Å². The second-order valence-corrected chi connectivity index (χ2v) is 7.99. The molecule has 0 radical (unpaired) electrons. The molecule has 156 valence electrons. The molecule has 3 aromatic carbocycles. The van der Waals surface area contributed by atoms with E-state index in [0.717, 1.165) is 5.56 Å². The SMILES string of the molecule is COc1ccc(C(=O)CSc2nc3ccccc3c(=O)n2CCc2ccccc2)cc1. The first-order chi connectivity index (χ1) is 15.2. The fourth-order valence-corrected chi connectivity index (χ4v) is 4.25. The average Bonchev–Trinajstić information content (AvgIpc) is 2.83. The first-order valence-electron chi connectivity index (χ1n) is 9.99. The van der Waals surface area contributed by atoms with Crippen LogP contribution in [0.15, 0.2) is 88.8 Å². The van der Waals surface area contributed by atoms with Crippen molar-refractivity contribution in [3.63, 3.8) is 0 Å². The van der Waals surface area contributed by atoms with Crippen molar-refractivity contribution in [2.45, 2.75) is 18.1 Å². The van der Waals surface area contributed by atoms with Gasteiger partial charge in [-0.25, -0.2) is 4.98 Å². The number of rotatable bonds is 8. The average molecular weight is 431 g/mol. The Morgan fingerprint density at radius 1 is 0.968 bits per heavy atom. The number of ketones is 1. The van der Waals surface area contributed by atoms with E-state index in [1.165, 1.54) is 11.8 Å². The van der Waals surface area contributed by atoms with Crippen molar-refractivity contribution in [3.8, 4) is 5.75 Å². The van der Waals surface area contributed by atoms with Crippen LogP contribution in [0.4, 0.5) is 0 Å². The molecule has 0 aliphatic carbocycles. The maximum atomic E-state index is 13.2. The fraction of sp³-hybridized carbons (Fsp3) is 0.160. The van der Waals surface area contributed by atoms with Crippen LogP contribution in [0, 0.1) is 0 Å². The topological polar surface area (TPSA) is 61.2 Å². The second kappa shape index (κ2) is 9.62. The van der Waals surface area contributed by atoms with Crippen molar-refractivity contribution in [1.29, 1.82) is 0 Å². The van der Waals surface area contributed by atoms with Crippen molar-refractivity contribution < 1.29 is 9.53 Å². The van der Waals surface area contributed by atoms with Gasteiger partial charge in [0.15, 0.2) is 10.9 Å². The third-order valence-electron chi connectivity index (χ3n) is 5.04. The summed E-state index contributed by atoms with van der Waals surface area (Å²) in [6.07, 6.45) is 0.709. The molecule has 0 saturated carbocycles. The van der Waals surface area contributed by atoms with E-state index in [1.807, 2.05) is 48.5 Å². The van der Waals surface area contributed by atoms with Gasteiger partial charge in [0.1, 0.15) is 5.75 Å². The van der Waals surface area contributed by atoms with Crippen molar-refractivity contribution >= 4 is 28.4 Å². The highest BCUT2D eigenvalue weighted by atomic mass is 32.2. The lowest BCUT2D eigenvalue weighted by molar-refractivity contribution is 0.102. The Hall–Kier alpha value is -3.38. The Kier molecular flexibility index (Phi) is 6.48. The molecule has 0 spiro atoms. The summed E-state index contributed by atoms with van der Waals surface area (Å²) >= 11 is 1.30. The molecule has 0 aliphatic heterocycles. The number of ether oxygens (including phenoxy) is 1. The van der Waals surface area contributed by atoms with Crippen molar-refractivity contribution in [2.24, 2.45) is 0 Å². The lowest BCUT2D eigenvalue weighted by Gasteiger charge is -2.13. The Morgan fingerprint density at radius 3 is 2.42 bits per heavy atom. The number of aromatic nitrogens is 2. The molecule has 0 aliphatic rings. The van der Waals surface area contributed by atoms with E-state index in [0.29, 0.717) is 40.3 Å². The van der Waals surface area contributed by atoms with Crippen LogP contribution < -0.4 is 10.3 Å². The van der Waals surface area contributed by atoms with Gasteiger partial charge in [-0.3, -0.25) is 14.2 Å². The normalized spacial score (nSPS) is 10.9. The summed E-state index contributed by atoms with van der Waals surface area (Å²) in [6.45, 7) is 0.500. The zero-order valence-electron chi connectivity index (χ0n) is 17.2. The lowest BCUT2D eigenvalue weighted by Crippen LogP contribution is -2.24. The Morgan fingerprint density at radius 2 is 1.68 bits per heavy atom. The Bertz CT molecular complexity index is 1250. The van der Waals surface area contributed by atoms with Gasteiger partial charge in [0.2, 0.25) is 0 Å². The number of para-hydroxylation sites is 1. The highest BCUT2D eigenvalue weighted by Gasteiger charge is 2.14. The molecule has 0 saturated heterocycles. The van der Waals surface area contributed by atoms with E-state index >= 15 is 0 Å². The number of carbonyl (C=O) groups is 1. The number of methoxy groups -OCH3 is 1. The molecule has 0 N–H and O–H groups in total. The molecule has 31 heavy (non-hydrogen) atoms. The maximum Gasteiger partial charge on any atom is 0.262 e. The van der Waals surface area contributed by atoms with Gasteiger partial charge in [-0.05, 0) is 48.4 Å². The van der Waals surface area contributed by atoms with Crippen LogP contribution in [-0.4, -0.2) is 28.2 Å². The molecule has 4 aromatic rings. The molecule has 0 amide bonds. The van der Waals surface area contributed by atoms with Crippen LogP contribution in [0.2, 0.25) is 0 Å². The number of hydrogen-bond donors (Lipinski definition) is 0. The van der Waals surface area contributed by atoms with Gasteiger partial charge in [-0.1, -0.05) is 54.2 Å². The first kappa shape index (κ1) is 20.9. The molecule has 5 nitrogen and oxygen atoms in total. The number of fused-ring (bicyclic) bond motifs is 1. The summed E-state index contributed by atoms with van der Waals surface area (Å²) < 4.78 is 6.83. The van der Waals surface area contributed by atoms with Gasteiger partial charge in [0, 0.05) is 12.1 Å². The fourth-order valence-electron chi connectivity index (χ4n) is 3.33. The van der Waals surface area contributed by atoms with Crippen LogP contribution in [0.1, 0.15) is 15.9 Å². The standard InChI is InChI=1S/C25H22N2O3S/c1-30-20-13-11-19(12-14-20)23(28)17-31-25-26-22-10-6-5-9-21(22)24(29)27(25)16-15-18-7-3-2-4-8-18/h2-14H,15-17H2,1H3. The maximum absolute atomic E-state index is 13.2. The van der Waals surface area contributed by atoms with E-state index in [2.05, 4.69) is 0 Å². The van der Waals surface area contributed by atoms with Crippen molar-refractivity contribution in [1.82, 2.24) is 9.55 Å². The van der Waals surface area contributed by atoms with Crippen LogP contribution in [0.25, 0.3) is 10.9 Å². The van der Waals surface area contributed by atoms with E-state index < -0.39 is 0 Å². The number of benzene rings is 3. The molecule has 1 aromatic heterocycles. The summed E-state index contributed by atoms with van der Waals surface area (Å²) in [5.74, 6) is 0.877. The zero-order valence-corrected chi connectivity index (χ0v) is 18.0. The molecular formula is C25H22N2O3S. The minimum atomic E-state index is -0.0825. The molecule has 4 rings (SSSR count). The summed E-state index contributed by atoms with van der Waals surface area (Å²) in [5.41, 5.74) is 2.31. The van der Waals surface area contributed by atoms with Gasteiger partial charge in [-0.15, -0.1) is 0 Å². The van der Waals surface area contributed by atoms with E-state index in [1.54, 1.807) is 42.0 Å². The third-order valence-corrected chi connectivity index (χ3v) is 6.01. The third kappa shape index (κ3) is 4.86. The molecule has 0 atom stereocenters. The summed E-state index contributed by atoms with van der Waals surface area (Å²) in [4.78, 5) is 30.5. The largest absolute Gasteiger partial charge is 0.497 e. The van der Waals surface area contributed by atoms with Crippen LogP contribution in [0.5, 0.6) is 5.75 Å². The number of thioether (sulfide) groups is 1. The van der Waals surface area contributed by atoms with Gasteiger partial charge in [-0.2, -0.15) is 0 Å². The molecular weight excluding hydrogens is 408 g/mol. The lowest BCUT2D eigenvalue weighted by atomic mass is 10.1. The summed E-state index contributed by atoms with van der Waals surface area (Å²) in [7, 11) is 1.59. The van der Waals surface area contributed by atoms with Gasteiger partial charge in [0.05, 0.1) is 23.8 Å². The summed E-state index contributed by atoms with van der Waals surface area (Å²) in [6, 6.07) is 24.4. The second-order valence-electron chi connectivity index (χ2n) is 7.04. The highest BCUT2D eigenvalue weighted by molar-refractivity contribution is 7.99. The van der Waals surface area contributed by atoms with E-state index in [4.69, 9.17) is 9.72 Å². The van der Waals surface area contributed by atoms with Crippen molar-refractivity contribution in [2.75, 3.05) is 12.9 Å². The molecule has 0 bridgehead atoms. The smallest absolute Gasteiger partial charge is 0.262 e. The summed E-state index contributed by atoms with van der Waals surface area (Å²) in [5, 5.41) is 1.14. The number of nitrogens with zero attached hydrogens (tertiary/aromatic N) is 2. The molecule has 0 fully saturated rings. The number of Topliss-reactive ketones (excluding diaryl/α,β-unsaturated/α-hetero) is 1. The van der Waals surface area contributed by atoms with Gasteiger partial charge in [0.25, 0.3) is 5.56 Å². The minimum absolute atomic E-state index is 0.0235. The van der Waals surface area contributed by atoms with E-state index in [9.17, 15) is 9.59 Å². The monoisotopic (exact) mass is 430 g/mol. The molecule has 1 heterocycles. The van der Waals surface area contributed by atoms with Crippen LogP contribution >= 0.6 is 11.8 Å². The molecule has 0 unspecified atom stereocenters. The Balaban J connectivity index is 1.60. The number of aryl methyl sites for hydroxylation is 1. The van der Waals surface area contributed by atoms with Crippen molar-refractivity contribution in [3.05, 3.63) is 100 Å². The Labute approximate surface area is 184 Å². The van der Waals surface area contributed by atoms with Gasteiger partial charge < -0.3 is 4.74 Å². The number of hydrogen-bond acceptors (Lipinski definition) is 5. The number of carbonyl (C=O) groups excluding carboxylic acids is 1. The minimum Gasteiger partial charge on any atom is -0.497 e. The molecule has 6 heteroatoms. The first-order valence-corrected chi connectivity index (χ1v) is 11.0.